The van der Waals surface area contributed by atoms with Gasteiger partial charge in [-0.1, -0.05) is 22.9 Å². The fourth-order valence-electron chi connectivity index (χ4n) is 1.32. The van der Waals surface area contributed by atoms with Gasteiger partial charge in [0, 0.05) is 10.6 Å². The maximum absolute atomic E-state index is 13.9. The van der Waals surface area contributed by atoms with Crippen LogP contribution in [0.5, 0.6) is 0 Å². The summed E-state index contributed by atoms with van der Waals surface area (Å²) in [5.41, 5.74) is 1.12. The number of halogens is 2. The Hall–Kier alpha value is -1.29. The summed E-state index contributed by atoms with van der Waals surface area (Å²) in [7, 11) is -4.18. The number of sulfonamides is 1. The largest absolute Gasteiger partial charge is 0.392 e. The van der Waals surface area contributed by atoms with Crippen molar-refractivity contribution in [3.63, 3.8) is 0 Å². The van der Waals surface area contributed by atoms with E-state index >= 15 is 0 Å². The summed E-state index contributed by atoms with van der Waals surface area (Å²) in [6.45, 7) is -0.659. The SMILES string of the molecule is O=S(=O)(Nc1nncs1)c1cc(Cl)cc(CO)c1F. The third-order valence-corrected chi connectivity index (χ3v) is 4.41. The minimum Gasteiger partial charge on any atom is -0.392 e. The molecule has 6 nitrogen and oxygen atoms in total. The topological polar surface area (TPSA) is 92.2 Å². The molecule has 2 rings (SSSR count). The minimum absolute atomic E-state index is 0.00286. The maximum Gasteiger partial charge on any atom is 0.266 e. The summed E-state index contributed by atoms with van der Waals surface area (Å²) in [5.74, 6) is -1.05. The molecule has 2 N–H and O–H groups in total. The van der Waals surface area contributed by atoms with Gasteiger partial charge in [-0.05, 0) is 12.1 Å². The molecule has 0 unspecified atom stereocenters. The van der Waals surface area contributed by atoms with Crippen molar-refractivity contribution < 1.29 is 17.9 Å². The Bertz CT molecular complexity index is 691. The van der Waals surface area contributed by atoms with Crippen LogP contribution in [0.3, 0.4) is 0 Å². The molecule has 19 heavy (non-hydrogen) atoms. The Morgan fingerprint density at radius 1 is 1.47 bits per heavy atom. The minimum atomic E-state index is -4.18. The standard InChI is InChI=1S/C9H7ClFN3O3S2/c10-6-1-5(3-15)8(11)7(2-6)19(16,17)14-9-13-12-4-18-9/h1-2,4,15H,3H2,(H,13,14). The third-order valence-electron chi connectivity index (χ3n) is 2.12. The molecule has 0 radical (unpaired) electrons. The molecule has 0 aliphatic heterocycles. The first-order valence-corrected chi connectivity index (χ1v) is 7.56. The summed E-state index contributed by atoms with van der Waals surface area (Å²) >= 11 is 6.64. The smallest absolute Gasteiger partial charge is 0.266 e. The van der Waals surface area contributed by atoms with Gasteiger partial charge < -0.3 is 5.11 Å². The normalized spacial score (nSPS) is 11.5. The fourth-order valence-corrected chi connectivity index (χ4v) is 3.46. The highest BCUT2D eigenvalue weighted by atomic mass is 35.5. The van der Waals surface area contributed by atoms with E-state index in [4.69, 9.17) is 16.7 Å². The van der Waals surface area contributed by atoms with Crippen LogP contribution in [0.2, 0.25) is 5.02 Å². The van der Waals surface area contributed by atoms with Gasteiger partial charge in [-0.2, -0.15) is 0 Å². The second-order valence-corrected chi connectivity index (χ2v) is 6.31. The molecule has 0 aliphatic carbocycles. The molecule has 1 heterocycles. The van der Waals surface area contributed by atoms with E-state index in [9.17, 15) is 12.8 Å². The molecule has 1 aromatic heterocycles. The predicted octanol–water partition coefficient (Wildman–Crippen LogP) is 1.62. The second kappa shape index (κ2) is 5.37. The molecule has 0 atom stereocenters. The second-order valence-electron chi connectivity index (χ2n) is 3.38. The van der Waals surface area contributed by atoms with Crippen LogP contribution in [0.4, 0.5) is 9.52 Å². The lowest BCUT2D eigenvalue weighted by molar-refractivity contribution is 0.274. The number of rotatable bonds is 4. The fraction of sp³-hybridized carbons (Fsp3) is 0.111. The van der Waals surface area contributed by atoms with Crippen molar-refractivity contribution in [1.29, 1.82) is 0 Å². The lowest BCUT2D eigenvalue weighted by Crippen LogP contribution is -2.15. The highest BCUT2D eigenvalue weighted by molar-refractivity contribution is 7.93. The van der Waals surface area contributed by atoms with Crippen LogP contribution >= 0.6 is 22.9 Å². The molecule has 0 saturated heterocycles. The van der Waals surface area contributed by atoms with Crippen molar-refractivity contribution in [2.24, 2.45) is 0 Å². The van der Waals surface area contributed by atoms with Crippen molar-refractivity contribution in [3.05, 3.63) is 34.0 Å². The molecule has 1 aromatic carbocycles. The number of hydrogen-bond acceptors (Lipinski definition) is 6. The van der Waals surface area contributed by atoms with E-state index in [-0.39, 0.29) is 15.7 Å². The van der Waals surface area contributed by atoms with Gasteiger partial charge in [-0.3, -0.25) is 4.72 Å². The highest BCUT2D eigenvalue weighted by Crippen LogP contribution is 2.25. The summed E-state index contributed by atoms with van der Waals surface area (Å²) in [6, 6.07) is 2.11. The van der Waals surface area contributed by atoms with Crippen LogP contribution in [0.1, 0.15) is 5.56 Å². The molecular weight excluding hydrogens is 317 g/mol. The molecule has 10 heteroatoms. The van der Waals surface area contributed by atoms with Crippen molar-refractivity contribution >= 4 is 38.1 Å². The van der Waals surface area contributed by atoms with Crippen LogP contribution in [-0.2, 0) is 16.6 Å². The zero-order chi connectivity index (χ0) is 14.0. The van der Waals surface area contributed by atoms with E-state index in [1.165, 1.54) is 5.51 Å². The van der Waals surface area contributed by atoms with Gasteiger partial charge in [-0.15, -0.1) is 10.2 Å². The van der Waals surface area contributed by atoms with Crippen LogP contribution < -0.4 is 4.72 Å². The van der Waals surface area contributed by atoms with Crippen molar-refractivity contribution in [3.8, 4) is 0 Å². The van der Waals surface area contributed by atoms with E-state index in [0.717, 1.165) is 23.5 Å². The number of aliphatic hydroxyl groups excluding tert-OH is 1. The summed E-state index contributed by atoms with van der Waals surface area (Å²) in [6.07, 6.45) is 0. The lowest BCUT2D eigenvalue weighted by Gasteiger charge is -2.09. The van der Waals surface area contributed by atoms with Gasteiger partial charge in [0.15, 0.2) is 0 Å². The molecule has 102 valence electrons. The van der Waals surface area contributed by atoms with Crippen LogP contribution in [-0.4, -0.2) is 23.7 Å². The first-order valence-electron chi connectivity index (χ1n) is 4.82. The number of hydrogen-bond donors (Lipinski definition) is 2. The van der Waals surface area contributed by atoms with Gasteiger partial charge in [0.1, 0.15) is 16.2 Å². The average molecular weight is 324 g/mol. The molecule has 0 fully saturated rings. The van der Waals surface area contributed by atoms with Gasteiger partial charge in [0.2, 0.25) is 5.13 Å². The molecule has 0 aliphatic rings. The van der Waals surface area contributed by atoms with Crippen molar-refractivity contribution in [2.75, 3.05) is 4.72 Å². The Morgan fingerprint density at radius 2 is 2.21 bits per heavy atom. The zero-order valence-electron chi connectivity index (χ0n) is 9.17. The summed E-state index contributed by atoms with van der Waals surface area (Å²) < 4.78 is 40.0. The molecule has 0 amide bonds. The van der Waals surface area contributed by atoms with Gasteiger partial charge in [0.25, 0.3) is 10.0 Å². The Balaban J connectivity index is 2.48. The van der Waals surface area contributed by atoms with Gasteiger partial charge >= 0.3 is 0 Å². The van der Waals surface area contributed by atoms with E-state index in [1.807, 2.05) is 0 Å². The van der Waals surface area contributed by atoms with E-state index in [2.05, 4.69) is 14.9 Å². The van der Waals surface area contributed by atoms with Gasteiger partial charge in [-0.25, -0.2) is 12.8 Å². The first kappa shape index (κ1) is 14.1. The van der Waals surface area contributed by atoms with Crippen LogP contribution in [0.25, 0.3) is 0 Å². The molecule has 0 spiro atoms. The Morgan fingerprint density at radius 3 is 2.79 bits per heavy atom. The number of nitrogens with zero attached hydrogens (tertiary/aromatic N) is 2. The highest BCUT2D eigenvalue weighted by Gasteiger charge is 2.23. The monoisotopic (exact) mass is 323 g/mol. The number of aliphatic hydroxyl groups is 1. The van der Waals surface area contributed by atoms with Crippen LogP contribution in [0.15, 0.2) is 22.5 Å². The Kier molecular flexibility index (Phi) is 3.99. The molecule has 0 saturated carbocycles. The lowest BCUT2D eigenvalue weighted by atomic mass is 10.2. The third kappa shape index (κ3) is 3.00. The molecule has 2 aromatic rings. The number of aromatic nitrogens is 2. The van der Waals surface area contributed by atoms with E-state index in [0.29, 0.717) is 0 Å². The molecular formula is C9H7ClFN3O3S2. The zero-order valence-corrected chi connectivity index (χ0v) is 11.6. The predicted molar refractivity (Wildman–Crippen MR) is 68.1 cm³/mol. The molecule has 0 bridgehead atoms. The van der Waals surface area contributed by atoms with E-state index in [1.54, 1.807) is 0 Å². The summed E-state index contributed by atoms with van der Waals surface area (Å²) in [5, 5.41) is 15.9. The summed E-state index contributed by atoms with van der Waals surface area (Å²) in [4.78, 5) is -0.653. The van der Waals surface area contributed by atoms with Crippen molar-refractivity contribution in [1.82, 2.24) is 10.2 Å². The number of benzene rings is 1. The van der Waals surface area contributed by atoms with Crippen molar-refractivity contribution in [2.45, 2.75) is 11.5 Å². The van der Waals surface area contributed by atoms with Gasteiger partial charge in [0.05, 0.1) is 6.61 Å². The number of nitrogens with one attached hydrogen (secondary N) is 1. The quantitative estimate of drug-likeness (QED) is 0.892. The van der Waals surface area contributed by atoms with Crippen LogP contribution in [0, 0.1) is 5.82 Å². The Labute approximate surface area is 116 Å². The first-order chi connectivity index (χ1) is 8.94. The number of anilines is 1. The van der Waals surface area contributed by atoms with E-state index < -0.39 is 27.3 Å². The maximum atomic E-state index is 13.9. The average Bonchev–Trinajstić information content (AvgIpc) is 2.83.